The van der Waals surface area contributed by atoms with Gasteiger partial charge >= 0.3 is 0 Å². The summed E-state index contributed by atoms with van der Waals surface area (Å²) in [6, 6.07) is 6.87. The van der Waals surface area contributed by atoms with Crippen LogP contribution in [0.5, 0.6) is 0 Å². The monoisotopic (exact) mass is 195 g/mol. The van der Waals surface area contributed by atoms with Crippen LogP contribution in [-0.2, 0) is 6.54 Å². The van der Waals surface area contributed by atoms with E-state index in [4.69, 9.17) is 0 Å². The van der Waals surface area contributed by atoms with Crippen LogP contribution in [0, 0.1) is 5.82 Å². The van der Waals surface area contributed by atoms with Crippen LogP contribution in [0.15, 0.2) is 24.3 Å². The van der Waals surface area contributed by atoms with Crippen molar-refractivity contribution in [1.29, 1.82) is 0 Å². The highest BCUT2D eigenvalue weighted by Crippen LogP contribution is 2.09. The number of nitrogens with one attached hydrogen (secondary N) is 2. The molecule has 0 saturated carbocycles. The third-order valence-electron chi connectivity index (χ3n) is 2.29. The molecule has 0 amide bonds. The fourth-order valence-corrected chi connectivity index (χ4v) is 1.53. The summed E-state index contributed by atoms with van der Waals surface area (Å²) in [5, 5.41) is 1.97. The van der Waals surface area contributed by atoms with E-state index in [0.29, 0.717) is 6.54 Å². The Morgan fingerprint density at radius 1 is 1.36 bits per heavy atom. The highest BCUT2D eigenvalue weighted by atomic mass is 19.1. The zero-order chi connectivity index (χ0) is 9.80. The maximum Gasteiger partial charge on any atom is 0.127 e. The minimum absolute atomic E-state index is 0.139. The van der Waals surface area contributed by atoms with Crippen molar-refractivity contribution >= 4 is 0 Å². The summed E-state index contributed by atoms with van der Waals surface area (Å²) in [4.78, 5) is 0. The molecule has 2 rings (SSSR count). The van der Waals surface area contributed by atoms with Crippen LogP contribution in [0.3, 0.4) is 0 Å². The van der Waals surface area contributed by atoms with Gasteiger partial charge < -0.3 is 0 Å². The van der Waals surface area contributed by atoms with Crippen molar-refractivity contribution in [2.75, 3.05) is 13.1 Å². The highest BCUT2D eigenvalue weighted by molar-refractivity contribution is 5.16. The summed E-state index contributed by atoms with van der Waals surface area (Å²) in [6.45, 7) is 2.51. The van der Waals surface area contributed by atoms with E-state index in [1.54, 1.807) is 6.07 Å². The van der Waals surface area contributed by atoms with Crippen LogP contribution in [-0.4, -0.2) is 18.1 Å². The average Bonchev–Trinajstić information content (AvgIpc) is 2.23. The van der Waals surface area contributed by atoms with Crippen LogP contribution in [0.1, 0.15) is 12.0 Å². The molecule has 1 aliphatic rings. The zero-order valence-electron chi connectivity index (χ0n) is 7.96. The third-order valence-corrected chi connectivity index (χ3v) is 2.29. The van der Waals surface area contributed by atoms with Crippen molar-refractivity contribution in [1.82, 2.24) is 16.0 Å². The first-order valence-corrected chi connectivity index (χ1v) is 4.83. The molecule has 2 N–H and O–H groups in total. The van der Waals surface area contributed by atoms with Crippen LogP contribution >= 0.6 is 0 Å². The molecule has 0 radical (unpaired) electrons. The van der Waals surface area contributed by atoms with Gasteiger partial charge in [0.1, 0.15) is 5.82 Å². The molecule has 4 heteroatoms. The van der Waals surface area contributed by atoms with Gasteiger partial charge in [0.2, 0.25) is 0 Å². The predicted octanol–water partition coefficient (Wildman–Crippen LogP) is 1.04. The number of hydrogen-bond donors (Lipinski definition) is 2. The first-order chi connectivity index (χ1) is 6.86. The molecular formula is C10H14FN3. The van der Waals surface area contributed by atoms with Crippen LogP contribution < -0.4 is 11.0 Å². The Kier molecular flexibility index (Phi) is 3.08. The van der Waals surface area contributed by atoms with E-state index in [2.05, 4.69) is 11.0 Å². The predicted molar refractivity (Wildman–Crippen MR) is 52.6 cm³/mol. The highest BCUT2D eigenvalue weighted by Gasteiger charge is 2.10. The molecule has 0 bridgehead atoms. The lowest BCUT2D eigenvalue weighted by Gasteiger charge is -2.28. The van der Waals surface area contributed by atoms with Crippen LogP contribution in [0.2, 0.25) is 0 Å². The largest absolute Gasteiger partial charge is 0.244 e. The Morgan fingerprint density at radius 2 is 2.21 bits per heavy atom. The number of nitrogens with zero attached hydrogens (tertiary/aromatic N) is 1. The molecule has 1 heterocycles. The van der Waals surface area contributed by atoms with Crippen molar-refractivity contribution in [3.63, 3.8) is 0 Å². The van der Waals surface area contributed by atoms with Gasteiger partial charge in [-0.05, 0) is 12.5 Å². The summed E-state index contributed by atoms with van der Waals surface area (Å²) < 4.78 is 13.3. The number of rotatable bonds is 2. The first-order valence-electron chi connectivity index (χ1n) is 4.83. The number of halogens is 1. The minimum Gasteiger partial charge on any atom is -0.244 e. The molecule has 0 aromatic heterocycles. The van der Waals surface area contributed by atoms with Gasteiger partial charge in [-0.15, -0.1) is 0 Å². The molecule has 0 unspecified atom stereocenters. The van der Waals surface area contributed by atoms with Crippen molar-refractivity contribution < 1.29 is 4.39 Å². The fourth-order valence-electron chi connectivity index (χ4n) is 1.53. The van der Waals surface area contributed by atoms with Crippen molar-refractivity contribution in [2.24, 2.45) is 0 Å². The Bertz CT molecular complexity index is 297. The topological polar surface area (TPSA) is 27.3 Å². The molecule has 1 aliphatic heterocycles. The smallest absolute Gasteiger partial charge is 0.127 e. The lowest BCUT2D eigenvalue weighted by Crippen LogP contribution is -2.52. The van der Waals surface area contributed by atoms with E-state index in [0.717, 1.165) is 25.1 Å². The molecule has 3 nitrogen and oxygen atoms in total. The molecule has 0 spiro atoms. The molecule has 1 aromatic carbocycles. The van der Waals surface area contributed by atoms with Gasteiger partial charge in [0.25, 0.3) is 0 Å². The first kappa shape index (κ1) is 9.58. The van der Waals surface area contributed by atoms with E-state index >= 15 is 0 Å². The molecule has 76 valence electrons. The summed E-state index contributed by atoms with van der Waals surface area (Å²) >= 11 is 0. The Balaban J connectivity index is 1.99. The van der Waals surface area contributed by atoms with E-state index in [1.165, 1.54) is 6.07 Å². The van der Waals surface area contributed by atoms with Gasteiger partial charge in [0.05, 0.1) is 0 Å². The van der Waals surface area contributed by atoms with Gasteiger partial charge in [-0.1, -0.05) is 18.2 Å². The quantitative estimate of drug-likeness (QED) is 0.738. The van der Waals surface area contributed by atoms with Gasteiger partial charge in [-0.25, -0.2) is 14.8 Å². The number of benzene rings is 1. The minimum atomic E-state index is -0.139. The van der Waals surface area contributed by atoms with Crippen LogP contribution in [0.25, 0.3) is 0 Å². The molecule has 1 aromatic rings. The normalized spacial score (nSPS) is 18.4. The molecule has 14 heavy (non-hydrogen) atoms. The Labute approximate surface area is 82.9 Å². The molecule has 0 aliphatic carbocycles. The standard InChI is InChI=1S/C10H14FN3/c11-10-5-2-1-4-9(10)8-14-7-3-6-12-13-14/h1-2,4-5,12-13H,3,6-8H2. The maximum absolute atomic E-state index is 13.3. The Hall–Kier alpha value is -0.970. The number of hydrazine groups is 2. The molecular weight excluding hydrogens is 181 g/mol. The van der Waals surface area contributed by atoms with Gasteiger partial charge in [-0.3, -0.25) is 0 Å². The van der Waals surface area contributed by atoms with Gasteiger partial charge in [0.15, 0.2) is 0 Å². The lowest BCUT2D eigenvalue weighted by atomic mass is 10.2. The van der Waals surface area contributed by atoms with Gasteiger partial charge in [0, 0.05) is 25.2 Å². The summed E-state index contributed by atoms with van der Waals surface area (Å²) in [5.74, 6) is -0.139. The fraction of sp³-hybridized carbons (Fsp3) is 0.400. The van der Waals surface area contributed by atoms with E-state index in [1.807, 2.05) is 17.1 Å². The van der Waals surface area contributed by atoms with Crippen LogP contribution in [0.4, 0.5) is 4.39 Å². The molecule has 1 fully saturated rings. The molecule has 1 saturated heterocycles. The van der Waals surface area contributed by atoms with Crippen molar-refractivity contribution in [2.45, 2.75) is 13.0 Å². The maximum atomic E-state index is 13.3. The average molecular weight is 195 g/mol. The summed E-state index contributed by atoms with van der Waals surface area (Å²) in [5.41, 5.74) is 6.77. The zero-order valence-corrected chi connectivity index (χ0v) is 7.96. The van der Waals surface area contributed by atoms with E-state index in [-0.39, 0.29) is 5.82 Å². The van der Waals surface area contributed by atoms with Gasteiger partial charge in [-0.2, -0.15) is 5.53 Å². The van der Waals surface area contributed by atoms with Crippen molar-refractivity contribution in [3.8, 4) is 0 Å². The van der Waals surface area contributed by atoms with E-state index in [9.17, 15) is 4.39 Å². The second-order valence-corrected chi connectivity index (χ2v) is 3.41. The number of hydrogen-bond acceptors (Lipinski definition) is 3. The molecule has 0 atom stereocenters. The SMILES string of the molecule is Fc1ccccc1CN1CCCNN1. The summed E-state index contributed by atoms with van der Waals surface area (Å²) in [7, 11) is 0. The second kappa shape index (κ2) is 4.50. The Morgan fingerprint density at radius 3 is 2.93 bits per heavy atom. The van der Waals surface area contributed by atoms with Crippen molar-refractivity contribution in [3.05, 3.63) is 35.6 Å². The lowest BCUT2D eigenvalue weighted by molar-refractivity contribution is 0.107. The van der Waals surface area contributed by atoms with E-state index < -0.39 is 0 Å². The third kappa shape index (κ3) is 2.29. The summed E-state index contributed by atoms with van der Waals surface area (Å²) in [6.07, 6.45) is 1.08. The second-order valence-electron chi connectivity index (χ2n) is 3.41.